The second-order valence-corrected chi connectivity index (χ2v) is 4.97. The topological polar surface area (TPSA) is 66.3 Å². The molecule has 0 fully saturated rings. The summed E-state index contributed by atoms with van der Waals surface area (Å²) in [7, 11) is 0. The van der Waals surface area contributed by atoms with Crippen molar-refractivity contribution in [1.82, 2.24) is 9.97 Å². The van der Waals surface area contributed by atoms with Crippen molar-refractivity contribution in [3.8, 4) is 0 Å². The van der Waals surface area contributed by atoms with Gasteiger partial charge in [0.05, 0.1) is 11.3 Å². The van der Waals surface area contributed by atoms with Crippen LogP contribution in [0, 0.1) is 6.92 Å². The highest BCUT2D eigenvalue weighted by Gasteiger charge is 2.16. The predicted octanol–water partition coefficient (Wildman–Crippen LogP) is 2.89. The number of carboxylic acids is 1. The molecule has 19 heavy (non-hydrogen) atoms. The Morgan fingerprint density at radius 2 is 2.11 bits per heavy atom. The number of aromatic carboxylic acids is 1. The van der Waals surface area contributed by atoms with E-state index < -0.39 is 5.97 Å². The Labute approximate surface area is 114 Å². The van der Waals surface area contributed by atoms with E-state index in [1.807, 2.05) is 0 Å². The van der Waals surface area contributed by atoms with Gasteiger partial charge in [0.1, 0.15) is 0 Å². The second-order valence-electron chi connectivity index (χ2n) is 4.97. The van der Waals surface area contributed by atoms with Crippen LogP contribution in [0.25, 0.3) is 0 Å². The summed E-state index contributed by atoms with van der Waals surface area (Å²) in [6, 6.07) is 0.298. The minimum Gasteiger partial charge on any atom is -0.478 e. The molecular weight excluding hydrogens is 242 g/mol. The maximum absolute atomic E-state index is 11.0. The molecule has 1 aromatic rings. The molecular formula is C14H23N3O2. The third-order valence-corrected chi connectivity index (χ3v) is 3.08. The average Bonchev–Trinajstić information content (AvgIpc) is 2.33. The number of unbranched alkanes of at least 4 members (excludes halogenated alkanes) is 2. The van der Waals surface area contributed by atoms with Gasteiger partial charge in [-0.1, -0.05) is 19.8 Å². The van der Waals surface area contributed by atoms with Gasteiger partial charge in [-0.2, -0.15) is 0 Å². The van der Waals surface area contributed by atoms with Crippen LogP contribution in [0.15, 0.2) is 6.20 Å². The van der Waals surface area contributed by atoms with Crippen LogP contribution in [-0.2, 0) is 0 Å². The molecule has 0 aliphatic heterocycles. The van der Waals surface area contributed by atoms with E-state index in [9.17, 15) is 4.79 Å². The Bertz CT molecular complexity index is 433. The van der Waals surface area contributed by atoms with Gasteiger partial charge in [-0.25, -0.2) is 14.8 Å². The molecule has 0 atom stereocenters. The van der Waals surface area contributed by atoms with Crippen LogP contribution in [0.4, 0.5) is 5.95 Å². The lowest BCUT2D eigenvalue weighted by atomic mass is 10.2. The van der Waals surface area contributed by atoms with Gasteiger partial charge < -0.3 is 10.0 Å². The van der Waals surface area contributed by atoms with Gasteiger partial charge in [-0.15, -0.1) is 0 Å². The maximum Gasteiger partial charge on any atom is 0.339 e. The van der Waals surface area contributed by atoms with Crippen molar-refractivity contribution in [3.05, 3.63) is 17.5 Å². The van der Waals surface area contributed by atoms with Crippen molar-refractivity contribution < 1.29 is 9.90 Å². The highest BCUT2D eigenvalue weighted by molar-refractivity contribution is 5.88. The number of hydrogen-bond acceptors (Lipinski definition) is 4. The molecule has 1 N–H and O–H groups in total. The van der Waals surface area contributed by atoms with Crippen molar-refractivity contribution in [2.75, 3.05) is 11.4 Å². The maximum atomic E-state index is 11.0. The molecule has 0 saturated heterocycles. The Hall–Kier alpha value is -1.65. The van der Waals surface area contributed by atoms with Gasteiger partial charge >= 0.3 is 5.97 Å². The van der Waals surface area contributed by atoms with E-state index in [-0.39, 0.29) is 5.56 Å². The zero-order valence-electron chi connectivity index (χ0n) is 12.2. The molecule has 1 aromatic heterocycles. The highest BCUT2D eigenvalue weighted by Crippen LogP contribution is 2.15. The van der Waals surface area contributed by atoms with Crippen molar-refractivity contribution in [1.29, 1.82) is 0 Å². The second kappa shape index (κ2) is 7.07. The van der Waals surface area contributed by atoms with Crippen LogP contribution < -0.4 is 4.90 Å². The van der Waals surface area contributed by atoms with E-state index in [2.05, 4.69) is 35.6 Å². The summed E-state index contributed by atoms with van der Waals surface area (Å²) >= 11 is 0. The number of rotatable bonds is 7. The lowest BCUT2D eigenvalue weighted by Gasteiger charge is -2.27. The van der Waals surface area contributed by atoms with Crippen LogP contribution in [0.5, 0.6) is 0 Å². The predicted molar refractivity (Wildman–Crippen MR) is 75.7 cm³/mol. The zero-order valence-corrected chi connectivity index (χ0v) is 12.2. The van der Waals surface area contributed by atoms with E-state index in [1.54, 1.807) is 6.92 Å². The monoisotopic (exact) mass is 265 g/mol. The zero-order chi connectivity index (χ0) is 14.4. The molecule has 0 saturated carbocycles. The van der Waals surface area contributed by atoms with E-state index in [0.717, 1.165) is 13.0 Å². The van der Waals surface area contributed by atoms with Crippen LogP contribution in [0.2, 0.25) is 0 Å². The molecule has 106 valence electrons. The number of hydrogen-bond donors (Lipinski definition) is 1. The molecule has 0 radical (unpaired) electrons. The highest BCUT2D eigenvalue weighted by atomic mass is 16.4. The van der Waals surface area contributed by atoms with E-state index >= 15 is 0 Å². The fraction of sp³-hybridized carbons (Fsp3) is 0.643. The minimum atomic E-state index is -0.980. The first-order chi connectivity index (χ1) is 8.97. The summed E-state index contributed by atoms with van der Waals surface area (Å²) in [5.41, 5.74) is 0.680. The molecule has 0 spiro atoms. The SMILES string of the molecule is CCCCCN(c1ncc(C(=O)O)c(C)n1)C(C)C. The van der Waals surface area contributed by atoms with Gasteiger partial charge in [0, 0.05) is 18.8 Å². The quantitative estimate of drug-likeness (QED) is 0.768. The van der Waals surface area contributed by atoms with Gasteiger partial charge in [-0.05, 0) is 27.2 Å². The molecule has 5 nitrogen and oxygen atoms in total. The molecule has 0 bridgehead atoms. The summed E-state index contributed by atoms with van der Waals surface area (Å²) in [5.74, 6) is -0.361. The molecule has 0 aromatic carbocycles. The minimum absolute atomic E-state index is 0.168. The number of carbonyl (C=O) groups is 1. The van der Waals surface area contributed by atoms with Crippen LogP contribution >= 0.6 is 0 Å². The van der Waals surface area contributed by atoms with Crippen molar-refractivity contribution in [3.63, 3.8) is 0 Å². The van der Waals surface area contributed by atoms with Crippen molar-refractivity contribution in [2.45, 2.75) is 53.0 Å². The molecule has 0 unspecified atom stereocenters. The number of anilines is 1. The molecule has 0 aliphatic rings. The Kier molecular flexibility index (Phi) is 5.73. The molecule has 0 aliphatic carbocycles. The molecule has 5 heteroatoms. The Morgan fingerprint density at radius 1 is 1.42 bits per heavy atom. The van der Waals surface area contributed by atoms with E-state index in [0.29, 0.717) is 17.7 Å². The largest absolute Gasteiger partial charge is 0.478 e. The van der Waals surface area contributed by atoms with E-state index in [4.69, 9.17) is 5.11 Å². The van der Waals surface area contributed by atoms with E-state index in [1.165, 1.54) is 19.0 Å². The number of aryl methyl sites for hydroxylation is 1. The standard InChI is InChI=1S/C14H23N3O2/c1-5-6-7-8-17(10(2)3)14-15-9-12(13(18)19)11(4)16-14/h9-10H,5-8H2,1-4H3,(H,18,19). The van der Waals surface area contributed by atoms with Crippen LogP contribution in [0.1, 0.15) is 56.1 Å². The van der Waals surface area contributed by atoms with Gasteiger partial charge in [0.15, 0.2) is 0 Å². The first-order valence-electron chi connectivity index (χ1n) is 6.81. The number of carboxylic acid groups (broad SMARTS) is 1. The number of nitrogens with zero attached hydrogens (tertiary/aromatic N) is 3. The van der Waals surface area contributed by atoms with Gasteiger partial charge in [0.2, 0.25) is 5.95 Å². The summed E-state index contributed by atoms with van der Waals surface area (Å²) < 4.78 is 0. The summed E-state index contributed by atoms with van der Waals surface area (Å²) in [5, 5.41) is 8.98. The first-order valence-corrected chi connectivity index (χ1v) is 6.81. The smallest absolute Gasteiger partial charge is 0.339 e. The first kappa shape index (κ1) is 15.4. The van der Waals surface area contributed by atoms with Gasteiger partial charge in [0.25, 0.3) is 0 Å². The normalized spacial score (nSPS) is 10.8. The lowest BCUT2D eigenvalue weighted by molar-refractivity contribution is 0.0695. The molecule has 1 rings (SSSR count). The summed E-state index contributed by atoms with van der Waals surface area (Å²) in [4.78, 5) is 21.6. The Balaban J connectivity index is 2.90. The van der Waals surface area contributed by atoms with Crippen LogP contribution in [-0.4, -0.2) is 33.6 Å². The Morgan fingerprint density at radius 3 is 2.58 bits per heavy atom. The summed E-state index contributed by atoms with van der Waals surface area (Å²) in [6.07, 6.45) is 4.84. The van der Waals surface area contributed by atoms with Crippen molar-refractivity contribution >= 4 is 11.9 Å². The average molecular weight is 265 g/mol. The van der Waals surface area contributed by atoms with Crippen molar-refractivity contribution in [2.24, 2.45) is 0 Å². The fourth-order valence-electron chi connectivity index (χ4n) is 1.92. The summed E-state index contributed by atoms with van der Waals surface area (Å²) in [6.45, 7) is 8.96. The third-order valence-electron chi connectivity index (χ3n) is 3.08. The molecule has 1 heterocycles. The lowest BCUT2D eigenvalue weighted by Crippen LogP contribution is -2.33. The third kappa shape index (κ3) is 4.19. The number of aromatic nitrogens is 2. The van der Waals surface area contributed by atoms with Crippen LogP contribution in [0.3, 0.4) is 0 Å². The molecule has 0 amide bonds. The van der Waals surface area contributed by atoms with Gasteiger partial charge in [-0.3, -0.25) is 0 Å². The fourth-order valence-corrected chi connectivity index (χ4v) is 1.92.